The van der Waals surface area contributed by atoms with E-state index >= 15 is 0 Å². The number of nitrogens with one attached hydrogen (secondary N) is 2. The summed E-state index contributed by atoms with van der Waals surface area (Å²) in [6.45, 7) is 6.58. The van der Waals surface area contributed by atoms with Gasteiger partial charge in [-0.3, -0.25) is 9.59 Å². The van der Waals surface area contributed by atoms with Crippen molar-refractivity contribution in [3.63, 3.8) is 0 Å². The predicted octanol–water partition coefficient (Wildman–Crippen LogP) is 1.78. The molecule has 0 aliphatic rings. The van der Waals surface area contributed by atoms with Crippen molar-refractivity contribution in [1.29, 1.82) is 0 Å². The molecule has 0 saturated heterocycles. The summed E-state index contributed by atoms with van der Waals surface area (Å²) in [4.78, 5) is 47.8. The molecular formula is C22H28N2O7. The molecule has 1 aromatic heterocycles. The first kappa shape index (κ1) is 23.9. The molecule has 2 aromatic rings. The molecule has 0 aliphatic heterocycles. The van der Waals surface area contributed by atoms with E-state index in [0.717, 1.165) is 0 Å². The zero-order valence-corrected chi connectivity index (χ0v) is 18.1. The number of aliphatic carboxylic acids is 1. The topological polar surface area (TPSA) is 146 Å². The van der Waals surface area contributed by atoms with Crippen LogP contribution in [0.3, 0.4) is 0 Å². The summed E-state index contributed by atoms with van der Waals surface area (Å²) in [7, 11) is 0. The fourth-order valence-corrected chi connectivity index (χ4v) is 3.28. The molecule has 9 heteroatoms. The van der Waals surface area contributed by atoms with Gasteiger partial charge in [0.1, 0.15) is 17.4 Å². The number of rotatable bonds is 9. The fraction of sp³-hybridized carbons (Fsp3) is 0.455. The first-order chi connectivity index (χ1) is 14.6. The molecule has 1 heterocycles. The monoisotopic (exact) mass is 432 g/mol. The van der Waals surface area contributed by atoms with Gasteiger partial charge < -0.3 is 25.3 Å². The smallest absolute Gasteiger partial charge is 0.339 e. The molecule has 2 unspecified atom stereocenters. The van der Waals surface area contributed by atoms with E-state index in [2.05, 4.69) is 10.6 Å². The van der Waals surface area contributed by atoms with Gasteiger partial charge in [0.05, 0.1) is 6.54 Å². The summed E-state index contributed by atoms with van der Waals surface area (Å²) in [5, 5.41) is 24.5. The highest BCUT2D eigenvalue weighted by Crippen LogP contribution is 2.28. The summed E-state index contributed by atoms with van der Waals surface area (Å²) in [5.74, 6) is -2.41. The van der Waals surface area contributed by atoms with Gasteiger partial charge in [0.2, 0.25) is 11.8 Å². The number of benzene rings is 1. The Morgan fingerprint density at radius 3 is 2.42 bits per heavy atom. The van der Waals surface area contributed by atoms with Crippen molar-refractivity contribution in [3.8, 4) is 5.75 Å². The Hall–Kier alpha value is -3.36. The van der Waals surface area contributed by atoms with E-state index in [4.69, 9.17) is 4.42 Å². The molecule has 0 bridgehead atoms. The van der Waals surface area contributed by atoms with Crippen LogP contribution in [-0.4, -0.2) is 40.6 Å². The highest BCUT2D eigenvalue weighted by atomic mass is 16.4. The average molecular weight is 432 g/mol. The van der Waals surface area contributed by atoms with Gasteiger partial charge in [0.25, 0.3) is 0 Å². The van der Waals surface area contributed by atoms with Crippen LogP contribution in [0.1, 0.15) is 43.4 Å². The number of phenolic OH excluding ortho intramolecular Hbond substituents is 1. The van der Waals surface area contributed by atoms with Crippen LogP contribution in [0.25, 0.3) is 11.0 Å². The van der Waals surface area contributed by atoms with Crippen LogP contribution in [-0.2, 0) is 20.8 Å². The van der Waals surface area contributed by atoms with Crippen LogP contribution in [0.2, 0.25) is 0 Å². The standard InChI is InChI=1S/C22H28N2O7/c1-5-11(2)19(21(28)29)24-18(27)10-23-17(26)9-7-15-12(3)14-6-8-16(25)13(4)20(14)31-22(15)30/h6,8,11,19,25H,5,7,9-10H2,1-4H3,(H,23,26)(H,24,27)(H,28,29). The normalized spacial score (nSPS) is 12.9. The van der Waals surface area contributed by atoms with Crippen molar-refractivity contribution < 1.29 is 29.0 Å². The number of aryl methyl sites for hydroxylation is 2. The highest BCUT2D eigenvalue weighted by molar-refractivity contribution is 5.88. The fourth-order valence-electron chi connectivity index (χ4n) is 3.28. The molecular weight excluding hydrogens is 404 g/mol. The molecule has 0 radical (unpaired) electrons. The van der Waals surface area contributed by atoms with Gasteiger partial charge in [-0.2, -0.15) is 0 Å². The Bertz CT molecular complexity index is 1060. The molecule has 0 fully saturated rings. The molecule has 2 rings (SSSR count). The Morgan fingerprint density at radius 2 is 1.81 bits per heavy atom. The zero-order chi connectivity index (χ0) is 23.3. The maximum Gasteiger partial charge on any atom is 0.339 e. The molecule has 4 N–H and O–H groups in total. The SMILES string of the molecule is CCC(C)C(NC(=O)CNC(=O)CCc1c(C)c2ccc(O)c(C)c2oc1=O)C(=O)O. The van der Waals surface area contributed by atoms with Crippen LogP contribution < -0.4 is 16.3 Å². The highest BCUT2D eigenvalue weighted by Gasteiger charge is 2.25. The lowest BCUT2D eigenvalue weighted by molar-refractivity contribution is -0.143. The average Bonchev–Trinajstić information content (AvgIpc) is 2.72. The minimum atomic E-state index is -1.13. The van der Waals surface area contributed by atoms with Crippen molar-refractivity contribution in [2.24, 2.45) is 5.92 Å². The molecule has 31 heavy (non-hydrogen) atoms. The summed E-state index contributed by atoms with van der Waals surface area (Å²) < 4.78 is 5.35. The molecule has 9 nitrogen and oxygen atoms in total. The lowest BCUT2D eigenvalue weighted by atomic mass is 9.99. The van der Waals surface area contributed by atoms with Crippen molar-refractivity contribution in [3.05, 3.63) is 39.2 Å². The van der Waals surface area contributed by atoms with E-state index in [9.17, 15) is 29.4 Å². The van der Waals surface area contributed by atoms with Crippen LogP contribution in [0.15, 0.2) is 21.3 Å². The molecule has 1 aromatic carbocycles. The lowest BCUT2D eigenvalue weighted by Crippen LogP contribution is -2.48. The van der Waals surface area contributed by atoms with Crippen LogP contribution in [0, 0.1) is 19.8 Å². The van der Waals surface area contributed by atoms with Crippen LogP contribution in [0.5, 0.6) is 5.75 Å². The second-order valence-corrected chi connectivity index (χ2v) is 7.63. The number of phenols is 1. The van der Waals surface area contributed by atoms with E-state index in [1.807, 2.05) is 6.92 Å². The minimum absolute atomic E-state index is 0.0268. The lowest BCUT2D eigenvalue weighted by Gasteiger charge is -2.20. The number of aromatic hydroxyl groups is 1. The molecule has 2 atom stereocenters. The summed E-state index contributed by atoms with van der Waals surface area (Å²) >= 11 is 0. The number of carboxylic acid groups (broad SMARTS) is 1. The Labute approximate surface area is 179 Å². The third-order valence-corrected chi connectivity index (χ3v) is 5.52. The van der Waals surface area contributed by atoms with E-state index < -0.39 is 29.5 Å². The van der Waals surface area contributed by atoms with Gasteiger partial charge in [-0.15, -0.1) is 0 Å². The number of hydrogen-bond acceptors (Lipinski definition) is 6. The largest absolute Gasteiger partial charge is 0.508 e. The third-order valence-electron chi connectivity index (χ3n) is 5.52. The van der Waals surface area contributed by atoms with Gasteiger partial charge in [0, 0.05) is 22.9 Å². The first-order valence-corrected chi connectivity index (χ1v) is 10.1. The van der Waals surface area contributed by atoms with Crippen molar-refractivity contribution in [2.45, 2.75) is 53.0 Å². The second-order valence-electron chi connectivity index (χ2n) is 7.63. The predicted molar refractivity (Wildman–Crippen MR) is 114 cm³/mol. The van der Waals surface area contributed by atoms with E-state index in [1.54, 1.807) is 26.8 Å². The number of carbonyl (C=O) groups excluding carboxylic acids is 2. The van der Waals surface area contributed by atoms with Crippen molar-refractivity contribution >= 4 is 28.8 Å². The Balaban J connectivity index is 1.99. The Morgan fingerprint density at radius 1 is 1.13 bits per heavy atom. The van der Waals surface area contributed by atoms with Crippen LogP contribution >= 0.6 is 0 Å². The third kappa shape index (κ3) is 5.62. The zero-order valence-electron chi connectivity index (χ0n) is 18.1. The van der Waals surface area contributed by atoms with E-state index in [-0.39, 0.29) is 31.1 Å². The van der Waals surface area contributed by atoms with Crippen molar-refractivity contribution in [1.82, 2.24) is 10.6 Å². The molecule has 0 saturated carbocycles. The van der Waals surface area contributed by atoms with E-state index in [1.165, 1.54) is 6.07 Å². The maximum absolute atomic E-state index is 12.4. The van der Waals surface area contributed by atoms with Gasteiger partial charge in [-0.1, -0.05) is 20.3 Å². The van der Waals surface area contributed by atoms with Gasteiger partial charge >= 0.3 is 11.6 Å². The summed E-state index contributed by atoms with van der Waals surface area (Å²) in [5.41, 5.74) is 1.20. The molecule has 0 spiro atoms. The first-order valence-electron chi connectivity index (χ1n) is 10.1. The Kier molecular flexibility index (Phi) is 7.79. The number of carboxylic acids is 1. The van der Waals surface area contributed by atoms with Gasteiger partial charge in [-0.25, -0.2) is 9.59 Å². The van der Waals surface area contributed by atoms with Crippen molar-refractivity contribution in [2.75, 3.05) is 6.54 Å². The quantitative estimate of drug-likeness (QED) is 0.442. The molecule has 0 aliphatic carbocycles. The number of carbonyl (C=O) groups is 3. The number of amides is 2. The maximum atomic E-state index is 12.4. The molecule has 168 valence electrons. The molecule has 2 amide bonds. The van der Waals surface area contributed by atoms with E-state index in [0.29, 0.717) is 34.1 Å². The minimum Gasteiger partial charge on any atom is -0.508 e. The van der Waals surface area contributed by atoms with Crippen LogP contribution in [0.4, 0.5) is 0 Å². The van der Waals surface area contributed by atoms with Gasteiger partial charge in [0.15, 0.2) is 0 Å². The second kappa shape index (κ2) is 10.1. The summed E-state index contributed by atoms with van der Waals surface area (Å²) in [6, 6.07) is 2.14. The summed E-state index contributed by atoms with van der Waals surface area (Å²) in [6.07, 6.45) is 0.647. The van der Waals surface area contributed by atoms with Gasteiger partial charge in [-0.05, 0) is 43.9 Å². The number of hydrogen-bond donors (Lipinski definition) is 4. The number of fused-ring (bicyclic) bond motifs is 1.